The molecule has 0 spiro atoms. The largest absolute Gasteiger partial charge is 0.341 e. The van der Waals surface area contributed by atoms with E-state index in [2.05, 4.69) is 15.3 Å². The number of carbonyl (C=O) groups is 2. The molecular weight excluding hydrogens is 431 g/mol. The Morgan fingerprint density at radius 2 is 1.90 bits per heavy atom. The van der Waals surface area contributed by atoms with E-state index >= 15 is 0 Å². The van der Waals surface area contributed by atoms with E-state index in [-0.39, 0.29) is 11.1 Å². The van der Waals surface area contributed by atoms with Gasteiger partial charge in [-0.15, -0.1) is 0 Å². The highest BCUT2D eigenvalue weighted by atomic mass is 35.5. The van der Waals surface area contributed by atoms with Gasteiger partial charge in [0, 0.05) is 18.0 Å². The zero-order valence-electron chi connectivity index (χ0n) is 14.9. The van der Waals surface area contributed by atoms with E-state index in [4.69, 9.17) is 23.2 Å². The third-order valence-electron chi connectivity index (χ3n) is 4.77. The Morgan fingerprint density at radius 3 is 2.66 bits per heavy atom. The summed E-state index contributed by atoms with van der Waals surface area (Å²) < 4.78 is 2.04. The number of nitrogens with one attached hydrogen (secondary N) is 2. The minimum Gasteiger partial charge on any atom is -0.341 e. The Labute approximate surface area is 178 Å². The number of imide groups is 1. The number of H-pyrrole nitrogens is 1. The van der Waals surface area contributed by atoms with Crippen molar-refractivity contribution < 1.29 is 9.59 Å². The van der Waals surface area contributed by atoms with Gasteiger partial charge in [0.15, 0.2) is 5.82 Å². The first-order valence-electron chi connectivity index (χ1n) is 8.58. The molecule has 0 bridgehead atoms. The molecule has 2 amide bonds. The number of aromatic nitrogens is 3. The second kappa shape index (κ2) is 6.66. The average Bonchev–Trinajstić information content (AvgIpc) is 3.31. The molecule has 2 N–H and O–H groups in total. The van der Waals surface area contributed by atoms with Crippen LogP contribution in [0, 0.1) is 0 Å². The fourth-order valence-electron chi connectivity index (χ4n) is 3.38. The Hall–Kier alpha value is -2.74. The number of benzene rings is 2. The van der Waals surface area contributed by atoms with Crippen molar-refractivity contribution in [2.75, 3.05) is 0 Å². The highest BCUT2D eigenvalue weighted by molar-refractivity contribution is 8.18. The topological polar surface area (TPSA) is 79.8 Å². The second-order valence-electron chi connectivity index (χ2n) is 6.63. The lowest BCUT2D eigenvalue weighted by atomic mass is 10.1. The second-order valence-corrected chi connectivity index (χ2v) is 8.46. The minimum atomic E-state index is -0.367. The smallest absolute Gasteiger partial charge is 0.290 e. The van der Waals surface area contributed by atoms with Crippen molar-refractivity contribution in [3.05, 3.63) is 56.9 Å². The molecule has 6 nitrogen and oxygen atoms in total. The molecule has 1 aliphatic rings. The predicted octanol–water partition coefficient (Wildman–Crippen LogP) is 5.35. The number of rotatable bonds is 2. The number of aromatic amines is 1. The van der Waals surface area contributed by atoms with Crippen LogP contribution >= 0.6 is 35.0 Å². The monoisotopic (exact) mass is 442 g/mol. The van der Waals surface area contributed by atoms with Crippen LogP contribution in [0.2, 0.25) is 10.0 Å². The summed E-state index contributed by atoms with van der Waals surface area (Å²) in [6, 6.07) is 11.4. The number of aryl methyl sites for hydroxylation is 1. The molecule has 0 radical (unpaired) electrons. The number of imidazole rings is 1. The lowest BCUT2D eigenvalue weighted by Gasteiger charge is -2.01. The number of carbonyl (C=O) groups excluding carboxylic acids is 2. The number of thioether (sulfide) groups is 1. The summed E-state index contributed by atoms with van der Waals surface area (Å²) in [6.07, 6.45) is 1.71. The van der Waals surface area contributed by atoms with Gasteiger partial charge in [-0.1, -0.05) is 29.3 Å². The van der Waals surface area contributed by atoms with Crippen molar-refractivity contribution in [3.8, 4) is 11.5 Å². The first-order chi connectivity index (χ1) is 13.9. The van der Waals surface area contributed by atoms with Crippen molar-refractivity contribution >= 4 is 74.1 Å². The van der Waals surface area contributed by atoms with E-state index in [0.717, 1.165) is 45.0 Å². The maximum Gasteiger partial charge on any atom is 0.290 e. The molecule has 9 heteroatoms. The SMILES string of the molecule is Cn1c(-c2nc3cc(Cl)c(Cl)cc3[nH]2)cc2cc(/C=C3/SC(=O)NC3=O)ccc21. The fourth-order valence-corrected chi connectivity index (χ4v) is 4.39. The zero-order chi connectivity index (χ0) is 20.3. The summed E-state index contributed by atoms with van der Waals surface area (Å²) in [5, 5.41) is 3.82. The number of fused-ring (bicyclic) bond motifs is 2. The number of hydrogen-bond acceptors (Lipinski definition) is 4. The average molecular weight is 443 g/mol. The Kier molecular flexibility index (Phi) is 4.20. The molecule has 2 aromatic carbocycles. The summed E-state index contributed by atoms with van der Waals surface area (Å²) in [5.74, 6) is 0.335. The summed E-state index contributed by atoms with van der Waals surface area (Å²) in [7, 11) is 1.96. The highest BCUT2D eigenvalue weighted by Gasteiger charge is 2.25. The third-order valence-corrected chi connectivity index (χ3v) is 6.31. The van der Waals surface area contributed by atoms with E-state index in [1.54, 1.807) is 18.2 Å². The third kappa shape index (κ3) is 3.11. The van der Waals surface area contributed by atoms with Gasteiger partial charge >= 0.3 is 0 Å². The van der Waals surface area contributed by atoms with Crippen molar-refractivity contribution in [1.29, 1.82) is 0 Å². The number of halogens is 2. The van der Waals surface area contributed by atoms with E-state index in [1.165, 1.54) is 0 Å². The first-order valence-corrected chi connectivity index (χ1v) is 10.2. The van der Waals surface area contributed by atoms with Crippen LogP contribution in [-0.4, -0.2) is 25.7 Å². The van der Waals surface area contributed by atoms with Gasteiger partial charge in [0.2, 0.25) is 0 Å². The van der Waals surface area contributed by atoms with Crippen molar-refractivity contribution in [2.24, 2.45) is 7.05 Å². The van der Waals surface area contributed by atoms with Gasteiger partial charge in [-0.25, -0.2) is 4.98 Å². The van der Waals surface area contributed by atoms with Gasteiger partial charge < -0.3 is 9.55 Å². The van der Waals surface area contributed by atoms with Crippen LogP contribution in [0.5, 0.6) is 0 Å². The van der Waals surface area contributed by atoms with Crippen LogP contribution in [-0.2, 0) is 11.8 Å². The molecule has 0 unspecified atom stereocenters. The van der Waals surface area contributed by atoms with Crippen molar-refractivity contribution in [3.63, 3.8) is 0 Å². The van der Waals surface area contributed by atoms with Crippen molar-refractivity contribution in [1.82, 2.24) is 19.9 Å². The van der Waals surface area contributed by atoms with Crippen molar-refractivity contribution in [2.45, 2.75) is 0 Å². The molecule has 1 aliphatic heterocycles. The standard InChI is InChI=1S/C20H12Cl2N4O2S/c1-26-15-3-2-9(5-17-19(27)25-20(28)29-17)4-10(15)6-16(26)18-23-13-7-11(21)12(22)8-14(13)24-18/h2-8H,1H3,(H,23,24)(H,25,27,28)/b17-5+. The molecule has 0 atom stereocenters. The van der Waals surface area contributed by atoms with Gasteiger partial charge in [0.25, 0.3) is 11.1 Å². The molecule has 5 rings (SSSR count). The molecule has 3 heterocycles. The molecule has 144 valence electrons. The van der Waals surface area contributed by atoms with Gasteiger partial charge in [-0.2, -0.15) is 0 Å². The molecule has 0 saturated carbocycles. The minimum absolute atomic E-state index is 0.352. The Morgan fingerprint density at radius 1 is 1.10 bits per heavy atom. The van der Waals surface area contributed by atoms with Gasteiger partial charge in [0.05, 0.1) is 31.7 Å². The molecule has 1 saturated heterocycles. The van der Waals surface area contributed by atoms with Crippen LogP contribution < -0.4 is 5.32 Å². The molecule has 0 aliphatic carbocycles. The fraction of sp³-hybridized carbons (Fsp3) is 0.0500. The summed E-state index contributed by atoms with van der Waals surface area (Å²) >= 11 is 13.1. The molecule has 2 aromatic heterocycles. The lowest BCUT2D eigenvalue weighted by molar-refractivity contribution is -0.115. The summed E-state index contributed by atoms with van der Waals surface area (Å²) in [6.45, 7) is 0. The van der Waals surface area contributed by atoms with Crippen LogP contribution in [0.1, 0.15) is 5.56 Å². The Bertz CT molecular complexity index is 1350. The lowest BCUT2D eigenvalue weighted by Crippen LogP contribution is -2.17. The molecule has 4 aromatic rings. The molecule has 29 heavy (non-hydrogen) atoms. The molecule has 1 fully saturated rings. The van der Waals surface area contributed by atoms with Gasteiger partial charge in [-0.05, 0) is 53.7 Å². The number of amides is 2. The normalized spacial score (nSPS) is 15.8. The number of nitrogens with zero attached hydrogens (tertiary/aromatic N) is 2. The van der Waals surface area contributed by atoms with Crippen LogP contribution in [0.4, 0.5) is 4.79 Å². The number of hydrogen-bond donors (Lipinski definition) is 2. The maximum absolute atomic E-state index is 11.8. The Balaban J connectivity index is 1.59. The molecular formula is C20H12Cl2N4O2S. The zero-order valence-corrected chi connectivity index (χ0v) is 17.2. The predicted molar refractivity (Wildman–Crippen MR) is 117 cm³/mol. The quantitative estimate of drug-likeness (QED) is 0.409. The van der Waals surface area contributed by atoms with Crippen LogP contribution in [0.25, 0.3) is 39.5 Å². The van der Waals surface area contributed by atoms with Crippen LogP contribution in [0.3, 0.4) is 0 Å². The van der Waals surface area contributed by atoms with Gasteiger partial charge in [0.1, 0.15) is 0 Å². The van der Waals surface area contributed by atoms with E-state index < -0.39 is 0 Å². The summed E-state index contributed by atoms with van der Waals surface area (Å²) in [4.78, 5) is 31.4. The first kappa shape index (κ1) is 18.3. The van der Waals surface area contributed by atoms with E-state index in [0.29, 0.717) is 20.8 Å². The maximum atomic E-state index is 11.8. The van der Waals surface area contributed by atoms with Gasteiger partial charge in [-0.3, -0.25) is 14.9 Å². The van der Waals surface area contributed by atoms with E-state index in [1.807, 2.05) is 35.9 Å². The van der Waals surface area contributed by atoms with E-state index in [9.17, 15) is 9.59 Å². The summed E-state index contributed by atoms with van der Waals surface area (Å²) in [5.41, 5.74) is 4.29. The highest BCUT2D eigenvalue weighted by Crippen LogP contribution is 2.32. The van der Waals surface area contributed by atoms with Crippen LogP contribution in [0.15, 0.2) is 41.3 Å².